The van der Waals surface area contributed by atoms with Gasteiger partial charge in [-0.2, -0.15) is 0 Å². The first-order valence-corrected chi connectivity index (χ1v) is 5.79. The molecule has 1 aliphatic rings. The molecule has 1 aliphatic carbocycles. The van der Waals surface area contributed by atoms with Gasteiger partial charge >= 0.3 is 5.97 Å². The fourth-order valence-corrected chi connectivity index (χ4v) is 1.93. The highest BCUT2D eigenvalue weighted by molar-refractivity contribution is 6.30. The second-order valence-corrected chi connectivity index (χ2v) is 4.86. The molecule has 17 heavy (non-hydrogen) atoms. The lowest BCUT2D eigenvalue weighted by Gasteiger charge is -2.11. The van der Waals surface area contributed by atoms with Gasteiger partial charge in [0.2, 0.25) is 0 Å². The van der Waals surface area contributed by atoms with Gasteiger partial charge in [-0.05, 0) is 31.0 Å². The fourth-order valence-electron chi connectivity index (χ4n) is 1.73. The molecule has 0 bridgehead atoms. The number of nitrogens with one attached hydrogen (secondary N) is 1. The first-order chi connectivity index (χ1) is 8.03. The summed E-state index contributed by atoms with van der Waals surface area (Å²) >= 11 is 5.76. The van der Waals surface area contributed by atoms with E-state index in [1.807, 2.05) is 0 Å². The van der Waals surface area contributed by atoms with E-state index in [-0.39, 0.29) is 5.82 Å². The number of carbonyl (C=O) groups is 1. The Morgan fingerprint density at radius 3 is 2.82 bits per heavy atom. The van der Waals surface area contributed by atoms with Crippen molar-refractivity contribution in [2.75, 3.05) is 6.54 Å². The smallest absolute Gasteiger partial charge is 0.310 e. The summed E-state index contributed by atoms with van der Waals surface area (Å²) in [5, 5.41) is 12.4. The van der Waals surface area contributed by atoms with E-state index in [0.29, 0.717) is 36.5 Å². The van der Waals surface area contributed by atoms with Crippen LogP contribution in [0, 0.1) is 11.2 Å². The summed E-state index contributed by atoms with van der Waals surface area (Å²) in [6.07, 6.45) is 1.38. The monoisotopic (exact) mass is 257 g/mol. The first kappa shape index (κ1) is 12.3. The summed E-state index contributed by atoms with van der Waals surface area (Å²) in [7, 11) is 0. The molecule has 1 saturated carbocycles. The molecule has 2 N–H and O–H groups in total. The van der Waals surface area contributed by atoms with Crippen molar-refractivity contribution < 1.29 is 14.3 Å². The van der Waals surface area contributed by atoms with Gasteiger partial charge in [0.05, 0.1) is 5.41 Å². The molecule has 5 heteroatoms. The van der Waals surface area contributed by atoms with E-state index in [4.69, 9.17) is 16.7 Å². The predicted octanol–water partition coefficient (Wildman–Crippen LogP) is 2.43. The number of hydrogen-bond donors (Lipinski definition) is 2. The van der Waals surface area contributed by atoms with Crippen molar-refractivity contribution in [3.05, 3.63) is 34.6 Å². The third kappa shape index (κ3) is 2.76. The molecule has 0 radical (unpaired) electrons. The lowest BCUT2D eigenvalue weighted by atomic mass is 10.1. The number of carboxylic acids is 1. The molecule has 1 aromatic rings. The van der Waals surface area contributed by atoms with E-state index >= 15 is 0 Å². The maximum atomic E-state index is 13.3. The lowest BCUT2D eigenvalue weighted by Crippen LogP contribution is -2.29. The van der Waals surface area contributed by atoms with Crippen LogP contribution in [-0.2, 0) is 11.3 Å². The van der Waals surface area contributed by atoms with Crippen LogP contribution in [0.5, 0.6) is 0 Å². The second kappa shape index (κ2) is 4.63. The molecule has 3 nitrogen and oxygen atoms in total. The van der Waals surface area contributed by atoms with Crippen molar-refractivity contribution in [3.63, 3.8) is 0 Å². The first-order valence-electron chi connectivity index (χ1n) is 5.42. The van der Waals surface area contributed by atoms with Crippen LogP contribution in [0.2, 0.25) is 5.02 Å². The van der Waals surface area contributed by atoms with E-state index in [1.165, 1.54) is 12.1 Å². The summed E-state index contributed by atoms with van der Waals surface area (Å²) in [6.45, 7) is 0.662. The van der Waals surface area contributed by atoms with Gasteiger partial charge in [0.1, 0.15) is 5.82 Å². The normalized spacial score (nSPS) is 16.8. The van der Waals surface area contributed by atoms with Gasteiger partial charge < -0.3 is 10.4 Å². The molecule has 92 valence electrons. The molecule has 0 amide bonds. The summed E-state index contributed by atoms with van der Waals surface area (Å²) in [5.41, 5.74) is -0.173. The average Bonchev–Trinajstić information content (AvgIpc) is 3.04. The standard InChI is InChI=1S/C12H13ClFNO2/c13-9-1-2-10(14)8(5-9)6-15-7-12(3-4-12)11(16)17/h1-2,5,15H,3-4,6-7H2,(H,16,17). The minimum absolute atomic E-state index is 0.293. The van der Waals surface area contributed by atoms with Crippen molar-refractivity contribution in [2.24, 2.45) is 5.41 Å². The fraction of sp³-hybridized carbons (Fsp3) is 0.417. The molecule has 0 heterocycles. The number of aliphatic carboxylic acids is 1. The zero-order valence-corrected chi connectivity index (χ0v) is 9.93. The van der Waals surface area contributed by atoms with Crippen molar-refractivity contribution in [2.45, 2.75) is 19.4 Å². The Morgan fingerprint density at radius 1 is 1.53 bits per heavy atom. The van der Waals surface area contributed by atoms with Crippen LogP contribution in [0.3, 0.4) is 0 Å². The van der Waals surface area contributed by atoms with Crippen LogP contribution in [0.4, 0.5) is 4.39 Å². The largest absolute Gasteiger partial charge is 0.481 e. The zero-order valence-electron chi connectivity index (χ0n) is 9.17. The molecule has 0 atom stereocenters. The van der Waals surface area contributed by atoms with Gasteiger partial charge in [-0.15, -0.1) is 0 Å². The average molecular weight is 258 g/mol. The Kier molecular flexibility index (Phi) is 3.35. The number of benzene rings is 1. The highest BCUT2D eigenvalue weighted by atomic mass is 35.5. The highest BCUT2D eigenvalue weighted by Crippen LogP contribution is 2.45. The van der Waals surface area contributed by atoms with Gasteiger partial charge in [0.25, 0.3) is 0 Å². The number of hydrogen-bond acceptors (Lipinski definition) is 2. The maximum Gasteiger partial charge on any atom is 0.310 e. The number of rotatable bonds is 5. The molecule has 1 fully saturated rings. The van der Waals surface area contributed by atoms with E-state index in [2.05, 4.69) is 5.32 Å². The second-order valence-electron chi connectivity index (χ2n) is 4.42. The molecule has 1 aromatic carbocycles. The topological polar surface area (TPSA) is 49.3 Å². The van der Waals surface area contributed by atoms with Gasteiger partial charge in [-0.25, -0.2) is 4.39 Å². The van der Waals surface area contributed by atoms with Gasteiger partial charge in [0.15, 0.2) is 0 Å². The van der Waals surface area contributed by atoms with Crippen molar-refractivity contribution in [1.82, 2.24) is 5.32 Å². The summed E-state index contributed by atoms with van der Waals surface area (Å²) in [5.74, 6) is -1.11. The predicted molar refractivity (Wildman–Crippen MR) is 62.4 cm³/mol. The minimum Gasteiger partial charge on any atom is -0.481 e. The Labute approximate surface area is 104 Å². The third-order valence-corrected chi connectivity index (χ3v) is 3.33. The van der Waals surface area contributed by atoms with Crippen LogP contribution in [0.25, 0.3) is 0 Å². The van der Waals surface area contributed by atoms with Crippen LogP contribution < -0.4 is 5.32 Å². The van der Waals surface area contributed by atoms with Crippen LogP contribution in [-0.4, -0.2) is 17.6 Å². The van der Waals surface area contributed by atoms with E-state index < -0.39 is 11.4 Å². The molecule has 0 unspecified atom stereocenters. The highest BCUT2D eigenvalue weighted by Gasteiger charge is 2.49. The third-order valence-electron chi connectivity index (χ3n) is 3.09. The zero-order chi connectivity index (χ0) is 12.5. The Hall–Kier alpha value is -1.13. The Balaban J connectivity index is 1.90. The van der Waals surface area contributed by atoms with Gasteiger partial charge in [-0.3, -0.25) is 4.79 Å². The van der Waals surface area contributed by atoms with Gasteiger partial charge in [-0.1, -0.05) is 11.6 Å². The summed E-state index contributed by atoms with van der Waals surface area (Å²) < 4.78 is 13.3. The minimum atomic E-state index is -0.781. The molecular weight excluding hydrogens is 245 g/mol. The van der Waals surface area contributed by atoms with Crippen molar-refractivity contribution in [3.8, 4) is 0 Å². The summed E-state index contributed by atoms with van der Waals surface area (Å²) in [4.78, 5) is 10.9. The number of carboxylic acid groups (broad SMARTS) is 1. The van der Waals surface area contributed by atoms with Crippen molar-refractivity contribution >= 4 is 17.6 Å². The van der Waals surface area contributed by atoms with Crippen molar-refractivity contribution in [1.29, 1.82) is 0 Å². The van der Waals surface area contributed by atoms with Gasteiger partial charge in [0, 0.05) is 23.7 Å². The Bertz CT molecular complexity index is 446. The van der Waals surface area contributed by atoms with E-state index in [9.17, 15) is 9.18 Å². The molecule has 2 rings (SSSR count). The SMILES string of the molecule is O=C(O)C1(CNCc2cc(Cl)ccc2F)CC1. The lowest BCUT2D eigenvalue weighted by molar-refractivity contribution is -0.143. The maximum absolute atomic E-state index is 13.3. The van der Waals surface area contributed by atoms with Crippen LogP contribution in [0.15, 0.2) is 18.2 Å². The molecule has 0 spiro atoms. The molecular formula is C12H13ClFNO2. The van der Waals surface area contributed by atoms with Crippen LogP contribution >= 0.6 is 11.6 Å². The summed E-state index contributed by atoms with van der Waals surface area (Å²) in [6, 6.07) is 4.34. The van der Waals surface area contributed by atoms with Crippen LogP contribution in [0.1, 0.15) is 18.4 Å². The Morgan fingerprint density at radius 2 is 2.24 bits per heavy atom. The molecule has 0 aliphatic heterocycles. The van der Waals surface area contributed by atoms with E-state index in [0.717, 1.165) is 0 Å². The number of halogens is 2. The molecule has 0 saturated heterocycles. The molecule has 0 aromatic heterocycles. The van der Waals surface area contributed by atoms with E-state index in [1.54, 1.807) is 6.07 Å². The quantitative estimate of drug-likeness (QED) is 0.852.